The van der Waals surface area contributed by atoms with Crippen molar-refractivity contribution in [2.75, 3.05) is 5.32 Å². The van der Waals surface area contributed by atoms with Gasteiger partial charge in [-0.1, -0.05) is 18.2 Å². The number of halogens is 1. The molecule has 2 N–H and O–H groups in total. The van der Waals surface area contributed by atoms with Gasteiger partial charge >= 0.3 is 0 Å². The van der Waals surface area contributed by atoms with Gasteiger partial charge in [-0.05, 0) is 42.3 Å². The average Bonchev–Trinajstić information content (AvgIpc) is 2.37. The number of aryl methyl sites for hydroxylation is 1. The predicted octanol–water partition coefficient (Wildman–Crippen LogP) is 3.02. The maximum atomic E-state index is 12.7. The van der Waals surface area contributed by atoms with Crippen molar-refractivity contribution in [1.82, 2.24) is 0 Å². The maximum absolute atomic E-state index is 12.7. The molecular weight excluding hydrogens is 245 g/mol. The summed E-state index contributed by atoms with van der Waals surface area (Å²) in [5.74, 6) is -0.564. The number of amides is 1. The second-order valence-electron chi connectivity index (χ2n) is 4.37. The summed E-state index contributed by atoms with van der Waals surface area (Å²) in [4.78, 5) is 11.8. The molecule has 0 spiro atoms. The average molecular weight is 259 g/mol. The molecule has 0 aliphatic carbocycles. The highest BCUT2D eigenvalue weighted by molar-refractivity contribution is 5.93. The second-order valence-corrected chi connectivity index (χ2v) is 4.37. The number of nitrogens with one attached hydrogen (secondary N) is 1. The van der Waals surface area contributed by atoms with Gasteiger partial charge in [-0.15, -0.1) is 0 Å². The number of rotatable bonds is 3. The molecule has 0 saturated carbocycles. The van der Waals surface area contributed by atoms with Crippen molar-refractivity contribution < 1.29 is 14.3 Å². The van der Waals surface area contributed by atoms with Crippen LogP contribution in [0.5, 0.6) is 5.75 Å². The molecule has 0 aliphatic heterocycles. The van der Waals surface area contributed by atoms with E-state index in [0.29, 0.717) is 11.3 Å². The van der Waals surface area contributed by atoms with Gasteiger partial charge in [0.25, 0.3) is 0 Å². The SMILES string of the molecule is Cc1ccc(O)c(NC(=O)Cc2ccc(F)cc2)c1. The first-order chi connectivity index (χ1) is 9.04. The van der Waals surface area contributed by atoms with Crippen molar-refractivity contribution in [3.63, 3.8) is 0 Å². The molecule has 0 atom stereocenters. The van der Waals surface area contributed by atoms with E-state index in [0.717, 1.165) is 5.56 Å². The van der Waals surface area contributed by atoms with Crippen molar-refractivity contribution >= 4 is 11.6 Å². The Bertz CT molecular complexity index is 594. The van der Waals surface area contributed by atoms with E-state index in [1.165, 1.54) is 18.2 Å². The Morgan fingerprint density at radius 3 is 2.58 bits per heavy atom. The van der Waals surface area contributed by atoms with E-state index >= 15 is 0 Å². The second kappa shape index (κ2) is 5.52. The van der Waals surface area contributed by atoms with Gasteiger partial charge in [0.1, 0.15) is 11.6 Å². The van der Waals surface area contributed by atoms with Crippen LogP contribution in [0.2, 0.25) is 0 Å². The lowest BCUT2D eigenvalue weighted by atomic mass is 10.1. The highest BCUT2D eigenvalue weighted by atomic mass is 19.1. The number of phenolic OH excluding ortho intramolecular Hbond substituents is 1. The summed E-state index contributed by atoms with van der Waals surface area (Å²) in [6.45, 7) is 1.87. The molecule has 0 unspecified atom stereocenters. The van der Waals surface area contributed by atoms with Crippen LogP contribution >= 0.6 is 0 Å². The fourth-order valence-electron chi connectivity index (χ4n) is 1.73. The largest absolute Gasteiger partial charge is 0.506 e. The normalized spacial score (nSPS) is 10.2. The van der Waals surface area contributed by atoms with Crippen LogP contribution in [0, 0.1) is 12.7 Å². The highest BCUT2D eigenvalue weighted by Crippen LogP contribution is 2.23. The molecule has 2 rings (SSSR count). The minimum atomic E-state index is -0.333. The van der Waals surface area contributed by atoms with Crippen LogP contribution in [0.3, 0.4) is 0 Å². The standard InChI is InChI=1S/C15H14FNO2/c1-10-2-7-14(18)13(8-10)17-15(19)9-11-3-5-12(16)6-4-11/h2-8,18H,9H2,1H3,(H,17,19). The van der Waals surface area contributed by atoms with Gasteiger partial charge in [0.05, 0.1) is 12.1 Å². The zero-order valence-corrected chi connectivity index (χ0v) is 10.5. The Kier molecular flexibility index (Phi) is 3.80. The van der Waals surface area contributed by atoms with Gasteiger partial charge in [-0.25, -0.2) is 4.39 Å². The van der Waals surface area contributed by atoms with E-state index in [-0.39, 0.29) is 23.9 Å². The molecule has 0 saturated heterocycles. The summed E-state index contributed by atoms with van der Waals surface area (Å²) >= 11 is 0. The maximum Gasteiger partial charge on any atom is 0.228 e. The van der Waals surface area contributed by atoms with Crippen molar-refractivity contribution in [1.29, 1.82) is 0 Å². The molecule has 0 aromatic heterocycles. The monoisotopic (exact) mass is 259 g/mol. The quantitative estimate of drug-likeness (QED) is 0.832. The molecule has 2 aromatic carbocycles. The van der Waals surface area contributed by atoms with E-state index in [4.69, 9.17) is 0 Å². The number of aromatic hydroxyl groups is 1. The smallest absolute Gasteiger partial charge is 0.228 e. The van der Waals surface area contributed by atoms with E-state index in [1.807, 2.05) is 6.92 Å². The highest BCUT2D eigenvalue weighted by Gasteiger charge is 2.07. The minimum absolute atomic E-state index is 0.0260. The summed E-state index contributed by atoms with van der Waals surface area (Å²) in [5, 5.41) is 12.3. The lowest BCUT2D eigenvalue weighted by Crippen LogP contribution is -2.14. The van der Waals surface area contributed by atoms with Crippen molar-refractivity contribution in [3.05, 3.63) is 59.4 Å². The molecule has 19 heavy (non-hydrogen) atoms. The molecule has 3 nitrogen and oxygen atoms in total. The van der Waals surface area contributed by atoms with Crippen LogP contribution in [0.4, 0.5) is 10.1 Å². The fourth-order valence-corrected chi connectivity index (χ4v) is 1.73. The summed E-state index contributed by atoms with van der Waals surface area (Å²) < 4.78 is 12.7. The molecular formula is C15H14FNO2. The van der Waals surface area contributed by atoms with E-state index in [9.17, 15) is 14.3 Å². The molecule has 98 valence electrons. The Hall–Kier alpha value is -2.36. The molecule has 0 radical (unpaired) electrons. The summed E-state index contributed by atoms with van der Waals surface area (Å²) in [6, 6.07) is 10.7. The van der Waals surface area contributed by atoms with Crippen LogP contribution in [-0.4, -0.2) is 11.0 Å². The number of hydrogen-bond donors (Lipinski definition) is 2. The number of carbonyl (C=O) groups is 1. The third-order valence-electron chi connectivity index (χ3n) is 2.70. The van der Waals surface area contributed by atoms with Gasteiger partial charge in [-0.3, -0.25) is 4.79 Å². The van der Waals surface area contributed by atoms with Gasteiger partial charge < -0.3 is 10.4 Å². The number of carbonyl (C=O) groups excluding carboxylic acids is 1. The zero-order valence-electron chi connectivity index (χ0n) is 10.5. The third-order valence-corrected chi connectivity index (χ3v) is 2.70. The van der Waals surface area contributed by atoms with E-state index in [2.05, 4.69) is 5.32 Å². The Morgan fingerprint density at radius 2 is 1.89 bits per heavy atom. The first-order valence-electron chi connectivity index (χ1n) is 5.88. The van der Waals surface area contributed by atoms with Crippen LogP contribution in [-0.2, 0) is 11.2 Å². The topological polar surface area (TPSA) is 49.3 Å². The summed E-state index contributed by atoms with van der Waals surface area (Å²) in [6.07, 6.45) is 0.133. The molecule has 0 fully saturated rings. The summed E-state index contributed by atoms with van der Waals surface area (Å²) in [5.41, 5.74) is 2.04. The molecule has 4 heteroatoms. The van der Waals surface area contributed by atoms with Crippen LogP contribution in [0.15, 0.2) is 42.5 Å². The molecule has 2 aromatic rings. The lowest BCUT2D eigenvalue weighted by molar-refractivity contribution is -0.115. The summed E-state index contributed by atoms with van der Waals surface area (Å²) in [7, 11) is 0. The number of phenols is 1. The Balaban J connectivity index is 2.05. The third kappa shape index (κ3) is 3.55. The van der Waals surface area contributed by atoms with Gasteiger partial charge in [-0.2, -0.15) is 0 Å². The molecule has 0 aliphatic rings. The van der Waals surface area contributed by atoms with Crippen LogP contribution in [0.25, 0.3) is 0 Å². The molecule has 0 bridgehead atoms. The lowest BCUT2D eigenvalue weighted by Gasteiger charge is -2.08. The predicted molar refractivity (Wildman–Crippen MR) is 71.6 cm³/mol. The van der Waals surface area contributed by atoms with E-state index < -0.39 is 0 Å². The van der Waals surface area contributed by atoms with Crippen molar-refractivity contribution in [2.24, 2.45) is 0 Å². The Morgan fingerprint density at radius 1 is 1.21 bits per heavy atom. The van der Waals surface area contributed by atoms with Gasteiger partial charge in [0.15, 0.2) is 0 Å². The number of anilines is 1. The Labute approximate surface area is 110 Å². The van der Waals surface area contributed by atoms with Gasteiger partial charge in [0.2, 0.25) is 5.91 Å². The first-order valence-corrected chi connectivity index (χ1v) is 5.88. The van der Waals surface area contributed by atoms with Crippen molar-refractivity contribution in [3.8, 4) is 5.75 Å². The first kappa shape index (κ1) is 13.1. The molecule has 0 heterocycles. The number of benzene rings is 2. The number of hydrogen-bond acceptors (Lipinski definition) is 2. The molecule has 1 amide bonds. The zero-order chi connectivity index (χ0) is 13.8. The van der Waals surface area contributed by atoms with Crippen LogP contribution < -0.4 is 5.32 Å². The van der Waals surface area contributed by atoms with E-state index in [1.54, 1.807) is 24.3 Å². The van der Waals surface area contributed by atoms with Gasteiger partial charge in [0, 0.05) is 0 Å². The fraction of sp³-hybridized carbons (Fsp3) is 0.133. The van der Waals surface area contributed by atoms with Crippen molar-refractivity contribution in [2.45, 2.75) is 13.3 Å². The minimum Gasteiger partial charge on any atom is -0.506 e. The van der Waals surface area contributed by atoms with Crippen LogP contribution in [0.1, 0.15) is 11.1 Å².